The van der Waals surface area contributed by atoms with Crippen molar-refractivity contribution in [2.24, 2.45) is 0 Å². The molecule has 0 unspecified atom stereocenters. The topological polar surface area (TPSA) is 88.3 Å². The van der Waals surface area contributed by atoms with Crippen molar-refractivity contribution in [3.8, 4) is 11.4 Å². The van der Waals surface area contributed by atoms with E-state index in [-0.39, 0.29) is 24.8 Å². The van der Waals surface area contributed by atoms with Gasteiger partial charge in [-0.3, -0.25) is 0 Å². The molecule has 1 saturated heterocycles. The molecule has 0 saturated carbocycles. The van der Waals surface area contributed by atoms with Gasteiger partial charge in [0.15, 0.2) is 5.82 Å². The van der Waals surface area contributed by atoms with Gasteiger partial charge >= 0.3 is 6.18 Å². The average molecular weight is 434 g/mol. The molecule has 1 aliphatic rings. The lowest BCUT2D eigenvalue weighted by Gasteiger charge is -2.27. The summed E-state index contributed by atoms with van der Waals surface area (Å²) >= 11 is 0. The number of hydrogen-bond acceptors (Lipinski definition) is 7. The van der Waals surface area contributed by atoms with Crippen molar-refractivity contribution < 1.29 is 23.0 Å². The van der Waals surface area contributed by atoms with Gasteiger partial charge in [0, 0.05) is 30.5 Å². The zero-order valence-corrected chi connectivity index (χ0v) is 16.5. The molecule has 0 bridgehead atoms. The summed E-state index contributed by atoms with van der Waals surface area (Å²) in [4.78, 5) is 11.0. The van der Waals surface area contributed by atoms with Gasteiger partial charge in [0.25, 0.3) is 0 Å². The molecule has 1 aromatic carbocycles. The van der Waals surface area contributed by atoms with Gasteiger partial charge in [-0.2, -0.15) is 18.2 Å². The maximum atomic E-state index is 13.0. The Bertz CT molecular complexity index is 1030. The first-order chi connectivity index (χ1) is 14.9. The van der Waals surface area contributed by atoms with Gasteiger partial charge < -0.3 is 20.1 Å². The number of hydrogen-bond donors (Lipinski definition) is 2. The van der Waals surface area contributed by atoms with E-state index in [4.69, 9.17) is 4.74 Å². The number of nitrogens with zero attached hydrogens (tertiary/aromatic N) is 5. The van der Waals surface area contributed by atoms with Crippen LogP contribution < -0.4 is 10.2 Å². The molecule has 11 heteroatoms. The first-order valence-electron chi connectivity index (χ1n) is 9.73. The predicted molar refractivity (Wildman–Crippen MR) is 108 cm³/mol. The predicted octanol–water partition coefficient (Wildman–Crippen LogP) is 2.93. The van der Waals surface area contributed by atoms with Crippen LogP contribution >= 0.6 is 0 Å². The summed E-state index contributed by atoms with van der Waals surface area (Å²) < 4.78 is 45.8. The molecule has 0 aliphatic carbocycles. The maximum absolute atomic E-state index is 13.0. The molecule has 2 aromatic heterocycles. The quantitative estimate of drug-likeness (QED) is 0.617. The number of pyridine rings is 1. The molecule has 1 aliphatic heterocycles. The number of halogens is 3. The lowest BCUT2D eigenvalue weighted by molar-refractivity contribution is -0.137. The summed E-state index contributed by atoms with van der Waals surface area (Å²) in [5.41, 5.74) is 0.178. The van der Waals surface area contributed by atoms with Gasteiger partial charge in [0.2, 0.25) is 5.95 Å². The second-order valence-corrected chi connectivity index (χ2v) is 6.91. The minimum Gasteiger partial charge on any atom is -0.394 e. The second kappa shape index (κ2) is 8.90. The maximum Gasteiger partial charge on any atom is 0.416 e. The van der Waals surface area contributed by atoms with Crippen LogP contribution in [0.25, 0.3) is 11.4 Å². The monoisotopic (exact) mass is 434 g/mol. The van der Waals surface area contributed by atoms with E-state index < -0.39 is 11.7 Å². The number of morpholine rings is 1. The minimum atomic E-state index is -4.44. The van der Waals surface area contributed by atoms with Gasteiger partial charge in [-0.1, -0.05) is 6.07 Å². The van der Waals surface area contributed by atoms with E-state index in [2.05, 4.69) is 25.3 Å². The zero-order valence-electron chi connectivity index (χ0n) is 16.5. The highest BCUT2D eigenvalue weighted by atomic mass is 19.4. The smallest absolute Gasteiger partial charge is 0.394 e. The number of benzene rings is 1. The third-order valence-electron chi connectivity index (χ3n) is 4.77. The fourth-order valence-corrected chi connectivity index (χ4v) is 3.28. The van der Waals surface area contributed by atoms with Gasteiger partial charge in [-0.05, 0) is 30.3 Å². The van der Waals surface area contributed by atoms with E-state index in [0.717, 1.165) is 36.6 Å². The number of nitrogens with one attached hydrogen (secondary N) is 1. The number of anilines is 3. The summed E-state index contributed by atoms with van der Waals surface area (Å²) in [7, 11) is 0. The van der Waals surface area contributed by atoms with E-state index in [0.29, 0.717) is 19.0 Å². The van der Waals surface area contributed by atoms with Crippen molar-refractivity contribution >= 4 is 17.5 Å². The Balaban J connectivity index is 1.62. The molecule has 0 atom stereocenters. The van der Waals surface area contributed by atoms with Crippen LogP contribution in [0, 0.1) is 0 Å². The molecular weight excluding hydrogens is 413 g/mol. The number of alkyl halides is 3. The van der Waals surface area contributed by atoms with Crippen molar-refractivity contribution in [2.75, 3.05) is 43.1 Å². The van der Waals surface area contributed by atoms with E-state index >= 15 is 0 Å². The number of rotatable bonds is 6. The molecule has 3 heterocycles. The van der Waals surface area contributed by atoms with Crippen molar-refractivity contribution in [3.63, 3.8) is 0 Å². The molecule has 0 amide bonds. The van der Waals surface area contributed by atoms with Crippen LogP contribution in [0.2, 0.25) is 0 Å². The van der Waals surface area contributed by atoms with Crippen LogP contribution in [0.4, 0.5) is 30.6 Å². The van der Waals surface area contributed by atoms with Crippen LogP contribution in [-0.2, 0) is 17.5 Å². The fourth-order valence-electron chi connectivity index (χ4n) is 3.28. The van der Waals surface area contributed by atoms with Gasteiger partial charge in [0.1, 0.15) is 5.82 Å². The molecule has 0 radical (unpaired) electrons. The van der Waals surface area contributed by atoms with Crippen LogP contribution in [0.15, 0.2) is 42.6 Å². The summed E-state index contributed by atoms with van der Waals surface area (Å²) in [6.07, 6.45) is -2.78. The van der Waals surface area contributed by atoms with Crippen LogP contribution in [0.1, 0.15) is 5.56 Å². The number of aliphatic hydroxyl groups is 1. The Morgan fingerprint density at radius 1 is 1.13 bits per heavy atom. The third-order valence-corrected chi connectivity index (χ3v) is 4.77. The van der Waals surface area contributed by atoms with Crippen LogP contribution in [-0.4, -0.2) is 57.8 Å². The van der Waals surface area contributed by atoms with E-state index in [1.165, 1.54) is 16.8 Å². The molecule has 1 fully saturated rings. The zero-order chi connectivity index (χ0) is 21.8. The van der Waals surface area contributed by atoms with Crippen molar-refractivity contribution in [2.45, 2.75) is 12.7 Å². The number of aromatic nitrogens is 4. The number of aliphatic hydroxyl groups excluding tert-OH is 1. The Kier molecular flexibility index (Phi) is 6.05. The highest BCUT2D eigenvalue weighted by molar-refractivity contribution is 5.63. The molecule has 2 N–H and O–H groups in total. The average Bonchev–Trinajstić information content (AvgIpc) is 3.16. The first-order valence-corrected chi connectivity index (χ1v) is 9.73. The lowest BCUT2D eigenvalue weighted by Crippen LogP contribution is -2.36. The minimum absolute atomic E-state index is 0.132. The van der Waals surface area contributed by atoms with E-state index in [9.17, 15) is 18.3 Å². The highest BCUT2D eigenvalue weighted by Gasteiger charge is 2.30. The fraction of sp³-hybridized carbons (Fsp3) is 0.350. The van der Waals surface area contributed by atoms with E-state index in [1.807, 2.05) is 6.07 Å². The molecule has 0 spiro atoms. The second-order valence-electron chi connectivity index (χ2n) is 6.91. The summed E-state index contributed by atoms with van der Waals surface area (Å²) in [6.45, 7) is 2.71. The molecule has 8 nitrogen and oxygen atoms in total. The Labute approximate surface area is 176 Å². The van der Waals surface area contributed by atoms with Crippen molar-refractivity contribution in [1.29, 1.82) is 0 Å². The van der Waals surface area contributed by atoms with Gasteiger partial charge in [-0.15, -0.1) is 5.10 Å². The van der Waals surface area contributed by atoms with Gasteiger partial charge in [-0.25, -0.2) is 9.67 Å². The summed E-state index contributed by atoms with van der Waals surface area (Å²) in [6, 6.07) is 8.46. The Morgan fingerprint density at radius 2 is 1.94 bits per heavy atom. The molecule has 164 valence electrons. The summed E-state index contributed by atoms with van der Waals surface area (Å²) in [5.74, 6) is 1.37. The summed E-state index contributed by atoms with van der Waals surface area (Å²) in [5, 5.41) is 16.5. The molecule has 31 heavy (non-hydrogen) atoms. The highest BCUT2D eigenvalue weighted by Crippen LogP contribution is 2.31. The lowest BCUT2D eigenvalue weighted by atomic mass is 10.2. The molecular formula is C20H21F3N6O2. The third kappa shape index (κ3) is 4.94. The largest absolute Gasteiger partial charge is 0.416 e. The Hall–Kier alpha value is -3.18. The number of ether oxygens (including phenoxy) is 1. The van der Waals surface area contributed by atoms with Crippen molar-refractivity contribution in [3.05, 3.63) is 48.2 Å². The first kappa shape index (κ1) is 21.1. The molecule has 3 aromatic rings. The standard InChI is InChI=1S/C20H21F3N6O2/c21-20(22,23)15-2-1-3-16(13-15)25-19-26-18(29(27-19)6-9-30)14-4-5-24-17(12-14)28-7-10-31-11-8-28/h1-5,12-13,30H,6-11H2,(H,25,27). The van der Waals surface area contributed by atoms with Crippen LogP contribution in [0.3, 0.4) is 0 Å². The molecule has 4 rings (SSSR count). The van der Waals surface area contributed by atoms with Gasteiger partial charge in [0.05, 0.1) is 31.9 Å². The van der Waals surface area contributed by atoms with E-state index in [1.54, 1.807) is 12.3 Å². The van der Waals surface area contributed by atoms with Crippen LogP contribution in [0.5, 0.6) is 0 Å². The van der Waals surface area contributed by atoms with Crippen molar-refractivity contribution in [1.82, 2.24) is 19.7 Å². The Morgan fingerprint density at radius 3 is 2.68 bits per heavy atom. The normalized spacial score (nSPS) is 14.6. The SMILES string of the molecule is OCCn1nc(Nc2cccc(C(F)(F)F)c2)nc1-c1ccnc(N2CCOCC2)c1.